The summed E-state index contributed by atoms with van der Waals surface area (Å²) in [5, 5.41) is 17.8. The van der Waals surface area contributed by atoms with Gasteiger partial charge in [0.1, 0.15) is 5.41 Å². The number of rotatable bonds is 4. The minimum Gasteiger partial charge on any atom is -0.465 e. The zero-order chi connectivity index (χ0) is 13.6. The average molecular weight is 242 g/mol. The second kappa shape index (κ2) is 5.84. The molecular formula is C14H14N2O2. The fraction of sp³-hybridized carbons (Fsp3) is 0.357. The number of hydrogen-bond acceptors (Lipinski definition) is 4. The highest BCUT2D eigenvalue weighted by molar-refractivity contribution is 5.83. The summed E-state index contributed by atoms with van der Waals surface area (Å²) < 4.78 is 5.01. The van der Waals surface area contributed by atoms with Crippen LogP contribution >= 0.6 is 0 Å². The third kappa shape index (κ3) is 2.67. The van der Waals surface area contributed by atoms with Gasteiger partial charge in [-0.15, -0.1) is 0 Å². The van der Waals surface area contributed by atoms with E-state index in [0.29, 0.717) is 11.1 Å². The summed E-state index contributed by atoms with van der Waals surface area (Å²) in [5.74, 6) is -0.443. The Labute approximate surface area is 106 Å². The van der Waals surface area contributed by atoms with Crippen molar-refractivity contribution >= 4 is 5.97 Å². The third-order valence-electron chi connectivity index (χ3n) is 2.79. The summed E-state index contributed by atoms with van der Waals surface area (Å²) in [4.78, 5) is 12.0. The number of nitrogens with zero attached hydrogens (tertiary/aromatic N) is 2. The molecule has 18 heavy (non-hydrogen) atoms. The van der Waals surface area contributed by atoms with Crippen LogP contribution < -0.4 is 0 Å². The topological polar surface area (TPSA) is 73.9 Å². The van der Waals surface area contributed by atoms with Crippen molar-refractivity contribution < 1.29 is 9.53 Å². The van der Waals surface area contributed by atoms with Gasteiger partial charge in [0.15, 0.2) is 0 Å². The standard InChI is InChI=1S/C14H14N2O2/c1-3-18-13(17)14(2,7-8-15)12-6-4-5-11(9-12)10-16/h4-6,9H,3,7H2,1-2H3. The molecule has 1 rings (SSSR count). The van der Waals surface area contributed by atoms with E-state index in [1.165, 1.54) is 0 Å². The maximum atomic E-state index is 12.0. The monoisotopic (exact) mass is 242 g/mol. The van der Waals surface area contributed by atoms with Gasteiger partial charge < -0.3 is 4.74 Å². The molecule has 0 aliphatic heterocycles. The Kier molecular flexibility index (Phi) is 4.45. The first-order chi connectivity index (χ1) is 8.58. The molecule has 0 fully saturated rings. The zero-order valence-electron chi connectivity index (χ0n) is 10.4. The van der Waals surface area contributed by atoms with Crippen LogP contribution in [-0.2, 0) is 14.9 Å². The Bertz CT molecular complexity index is 525. The Hall–Kier alpha value is -2.33. The fourth-order valence-corrected chi connectivity index (χ4v) is 1.67. The number of benzene rings is 1. The average Bonchev–Trinajstić information content (AvgIpc) is 2.39. The molecule has 1 aromatic carbocycles. The molecule has 0 spiro atoms. The molecule has 0 saturated heterocycles. The fourth-order valence-electron chi connectivity index (χ4n) is 1.67. The summed E-state index contributed by atoms with van der Waals surface area (Å²) in [7, 11) is 0. The van der Waals surface area contributed by atoms with Gasteiger partial charge in [0, 0.05) is 0 Å². The Morgan fingerprint density at radius 2 is 2.17 bits per heavy atom. The molecule has 0 N–H and O–H groups in total. The summed E-state index contributed by atoms with van der Waals surface area (Å²) in [5.41, 5.74) is 0.0555. The van der Waals surface area contributed by atoms with Gasteiger partial charge >= 0.3 is 5.97 Å². The van der Waals surface area contributed by atoms with Crippen LogP contribution in [0, 0.1) is 22.7 Å². The second-order valence-corrected chi connectivity index (χ2v) is 4.08. The number of nitriles is 2. The Balaban J connectivity index is 3.23. The molecule has 0 aliphatic rings. The van der Waals surface area contributed by atoms with Crippen LogP contribution in [-0.4, -0.2) is 12.6 Å². The van der Waals surface area contributed by atoms with E-state index < -0.39 is 11.4 Å². The van der Waals surface area contributed by atoms with E-state index in [4.69, 9.17) is 15.3 Å². The van der Waals surface area contributed by atoms with Gasteiger partial charge in [-0.2, -0.15) is 10.5 Å². The van der Waals surface area contributed by atoms with Gasteiger partial charge in [-0.3, -0.25) is 4.79 Å². The molecule has 4 heteroatoms. The van der Waals surface area contributed by atoms with Crippen molar-refractivity contribution in [1.29, 1.82) is 10.5 Å². The predicted octanol–water partition coefficient (Wildman–Crippen LogP) is 2.29. The smallest absolute Gasteiger partial charge is 0.317 e. The van der Waals surface area contributed by atoms with Crippen molar-refractivity contribution in [2.24, 2.45) is 0 Å². The highest BCUT2D eigenvalue weighted by Crippen LogP contribution is 2.29. The number of esters is 1. The van der Waals surface area contributed by atoms with Gasteiger partial charge in [0.25, 0.3) is 0 Å². The lowest BCUT2D eigenvalue weighted by atomic mass is 9.79. The van der Waals surface area contributed by atoms with Crippen LogP contribution in [0.2, 0.25) is 0 Å². The lowest BCUT2D eigenvalue weighted by molar-refractivity contribution is -0.149. The van der Waals surface area contributed by atoms with E-state index >= 15 is 0 Å². The van der Waals surface area contributed by atoms with Crippen LogP contribution in [0.5, 0.6) is 0 Å². The highest BCUT2D eigenvalue weighted by atomic mass is 16.5. The molecule has 0 radical (unpaired) electrons. The lowest BCUT2D eigenvalue weighted by Crippen LogP contribution is -2.34. The van der Waals surface area contributed by atoms with E-state index in [9.17, 15) is 4.79 Å². The first-order valence-corrected chi connectivity index (χ1v) is 5.63. The van der Waals surface area contributed by atoms with Crippen LogP contribution in [0.15, 0.2) is 24.3 Å². The molecular weight excluding hydrogens is 228 g/mol. The molecule has 92 valence electrons. The molecule has 1 aromatic rings. The molecule has 0 aromatic heterocycles. The van der Waals surface area contributed by atoms with Crippen molar-refractivity contribution in [3.05, 3.63) is 35.4 Å². The first kappa shape index (κ1) is 13.7. The molecule has 0 amide bonds. The summed E-state index contributed by atoms with van der Waals surface area (Å²) in [6.07, 6.45) is 0.0146. The van der Waals surface area contributed by atoms with Crippen LogP contribution in [0.1, 0.15) is 31.4 Å². The summed E-state index contributed by atoms with van der Waals surface area (Å²) in [6.45, 7) is 3.64. The molecule has 0 heterocycles. The number of hydrogen-bond donors (Lipinski definition) is 0. The number of carbonyl (C=O) groups is 1. The van der Waals surface area contributed by atoms with Gasteiger partial charge in [-0.1, -0.05) is 12.1 Å². The SMILES string of the molecule is CCOC(=O)C(C)(CC#N)c1cccc(C#N)c1. The van der Waals surface area contributed by atoms with Gasteiger partial charge in [-0.25, -0.2) is 0 Å². The largest absolute Gasteiger partial charge is 0.465 e. The summed E-state index contributed by atoms with van der Waals surface area (Å²) >= 11 is 0. The van der Waals surface area contributed by atoms with Crippen molar-refractivity contribution in [2.75, 3.05) is 6.61 Å². The van der Waals surface area contributed by atoms with Crippen molar-refractivity contribution in [3.8, 4) is 12.1 Å². The van der Waals surface area contributed by atoms with E-state index in [1.807, 2.05) is 12.1 Å². The lowest BCUT2D eigenvalue weighted by Gasteiger charge is -2.25. The second-order valence-electron chi connectivity index (χ2n) is 4.08. The van der Waals surface area contributed by atoms with E-state index in [-0.39, 0.29) is 13.0 Å². The van der Waals surface area contributed by atoms with Crippen molar-refractivity contribution in [3.63, 3.8) is 0 Å². The van der Waals surface area contributed by atoms with Crippen molar-refractivity contribution in [2.45, 2.75) is 25.7 Å². The van der Waals surface area contributed by atoms with E-state index in [1.54, 1.807) is 38.1 Å². The Morgan fingerprint density at radius 1 is 1.44 bits per heavy atom. The molecule has 0 saturated carbocycles. The minimum absolute atomic E-state index is 0.0146. The molecule has 0 bridgehead atoms. The van der Waals surface area contributed by atoms with Gasteiger partial charge in [0.2, 0.25) is 0 Å². The van der Waals surface area contributed by atoms with Gasteiger partial charge in [-0.05, 0) is 31.5 Å². The van der Waals surface area contributed by atoms with Crippen LogP contribution in [0.3, 0.4) is 0 Å². The normalized spacial score (nSPS) is 12.9. The summed E-state index contributed by atoms with van der Waals surface area (Å²) in [6, 6.07) is 10.7. The molecule has 4 nitrogen and oxygen atoms in total. The van der Waals surface area contributed by atoms with Crippen LogP contribution in [0.25, 0.3) is 0 Å². The first-order valence-electron chi connectivity index (χ1n) is 5.63. The maximum Gasteiger partial charge on any atom is 0.317 e. The number of carbonyl (C=O) groups excluding carboxylic acids is 1. The van der Waals surface area contributed by atoms with E-state index in [2.05, 4.69) is 0 Å². The van der Waals surface area contributed by atoms with Crippen molar-refractivity contribution in [1.82, 2.24) is 0 Å². The quantitative estimate of drug-likeness (QED) is 0.759. The Morgan fingerprint density at radius 3 is 2.72 bits per heavy atom. The van der Waals surface area contributed by atoms with E-state index in [0.717, 1.165) is 0 Å². The third-order valence-corrected chi connectivity index (χ3v) is 2.79. The highest BCUT2D eigenvalue weighted by Gasteiger charge is 2.36. The van der Waals surface area contributed by atoms with Gasteiger partial charge in [0.05, 0.1) is 30.7 Å². The van der Waals surface area contributed by atoms with Crippen LogP contribution in [0.4, 0.5) is 0 Å². The minimum atomic E-state index is -1.03. The zero-order valence-corrected chi connectivity index (χ0v) is 10.4. The maximum absolute atomic E-state index is 12.0. The molecule has 1 atom stereocenters. The number of ether oxygens (including phenoxy) is 1. The predicted molar refractivity (Wildman–Crippen MR) is 65.4 cm³/mol. The molecule has 0 aliphatic carbocycles. The molecule has 1 unspecified atom stereocenters.